The van der Waals surface area contributed by atoms with Gasteiger partial charge in [0.25, 0.3) is 0 Å². The van der Waals surface area contributed by atoms with E-state index < -0.39 is 32.6 Å². The van der Waals surface area contributed by atoms with Crippen LogP contribution >= 0.6 is 22.6 Å². The molecule has 0 atom stereocenters. The van der Waals surface area contributed by atoms with Gasteiger partial charge in [-0.25, -0.2) is 8.78 Å². The van der Waals surface area contributed by atoms with E-state index in [2.05, 4.69) is 16.1 Å². The maximum Gasteiger partial charge on any atom is 0.205 e. The Kier molecular flexibility index (Phi) is 5.03. The standard InChI is InChI=1S/C10H7F4IO2/c1-2-16-3-4-17-10-7(13)5(11)9(15)6(12)8(10)14/h2H,1,3-4H2. The Morgan fingerprint density at radius 2 is 1.53 bits per heavy atom. The van der Waals surface area contributed by atoms with Crippen molar-refractivity contribution in [3.63, 3.8) is 0 Å². The summed E-state index contributed by atoms with van der Waals surface area (Å²) in [5.41, 5.74) is 0. The fourth-order valence-corrected chi connectivity index (χ4v) is 1.46. The van der Waals surface area contributed by atoms with Crippen molar-refractivity contribution in [2.24, 2.45) is 0 Å². The first-order chi connectivity index (χ1) is 8.00. The molecule has 0 aliphatic carbocycles. The third kappa shape index (κ3) is 3.02. The molecule has 0 saturated carbocycles. The number of hydrogen-bond acceptors (Lipinski definition) is 2. The summed E-state index contributed by atoms with van der Waals surface area (Å²) in [4.78, 5) is 0. The van der Waals surface area contributed by atoms with Crippen molar-refractivity contribution in [1.82, 2.24) is 0 Å². The molecule has 94 valence electrons. The number of benzene rings is 1. The van der Waals surface area contributed by atoms with Crippen molar-refractivity contribution in [1.29, 1.82) is 0 Å². The zero-order valence-electron chi connectivity index (χ0n) is 8.40. The molecule has 0 spiro atoms. The number of hydrogen-bond donors (Lipinski definition) is 0. The second kappa shape index (κ2) is 6.08. The first-order valence-corrected chi connectivity index (χ1v) is 5.45. The molecule has 0 saturated heterocycles. The van der Waals surface area contributed by atoms with Crippen LogP contribution in [0.5, 0.6) is 5.75 Å². The van der Waals surface area contributed by atoms with Crippen LogP contribution in [0.3, 0.4) is 0 Å². The zero-order chi connectivity index (χ0) is 13.0. The van der Waals surface area contributed by atoms with Crippen molar-refractivity contribution in [2.75, 3.05) is 13.2 Å². The van der Waals surface area contributed by atoms with Crippen LogP contribution in [-0.4, -0.2) is 13.2 Å². The Morgan fingerprint density at radius 3 is 2.00 bits per heavy atom. The number of halogens is 5. The van der Waals surface area contributed by atoms with Crippen LogP contribution in [0.25, 0.3) is 0 Å². The van der Waals surface area contributed by atoms with E-state index in [4.69, 9.17) is 0 Å². The average molecular weight is 362 g/mol. The van der Waals surface area contributed by atoms with Crippen molar-refractivity contribution in [3.8, 4) is 5.75 Å². The van der Waals surface area contributed by atoms with Gasteiger partial charge in [0.2, 0.25) is 11.6 Å². The van der Waals surface area contributed by atoms with E-state index >= 15 is 0 Å². The van der Waals surface area contributed by atoms with Gasteiger partial charge < -0.3 is 9.47 Å². The van der Waals surface area contributed by atoms with E-state index in [1.54, 1.807) is 0 Å². The first kappa shape index (κ1) is 14.1. The third-order valence-corrected chi connectivity index (χ3v) is 2.68. The van der Waals surface area contributed by atoms with Gasteiger partial charge in [0.05, 0.1) is 9.83 Å². The Balaban J connectivity index is 2.95. The van der Waals surface area contributed by atoms with Crippen molar-refractivity contribution < 1.29 is 27.0 Å². The van der Waals surface area contributed by atoms with Crippen LogP contribution in [0.4, 0.5) is 17.6 Å². The summed E-state index contributed by atoms with van der Waals surface area (Å²) >= 11 is 1.16. The van der Waals surface area contributed by atoms with Crippen LogP contribution < -0.4 is 4.74 Å². The molecule has 1 rings (SSSR count). The van der Waals surface area contributed by atoms with Gasteiger partial charge in [0.15, 0.2) is 17.4 Å². The Morgan fingerprint density at radius 1 is 1.00 bits per heavy atom. The van der Waals surface area contributed by atoms with Crippen molar-refractivity contribution in [2.45, 2.75) is 0 Å². The van der Waals surface area contributed by atoms with Crippen LogP contribution in [0, 0.1) is 26.8 Å². The summed E-state index contributed by atoms with van der Waals surface area (Å²) in [5.74, 6) is -7.18. The van der Waals surface area contributed by atoms with Gasteiger partial charge in [-0.1, -0.05) is 6.58 Å². The fraction of sp³-hybridized carbons (Fsp3) is 0.200. The Labute approximate surface area is 108 Å². The van der Waals surface area contributed by atoms with E-state index in [-0.39, 0.29) is 13.2 Å². The van der Waals surface area contributed by atoms with Gasteiger partial charge >= 0.3 is 0 Å². The third-order valence-electron chi connectivity index (χ3n) is 1.73. The van der Waals surface area contributed by atoms with Gasteiger partial charge in [-0.15, -0.1) is 0 Å². The highest BCUT2D eigenvalue weighted by atomic mass is 127. The highest BCUT2D eigenvalue weighted by Gasteiger charge is 2.25. The topological polar surface area (TPSA) is 18.5 Å². The summed E-state index contributed by atoms with van der Waals surface area (Å²) in [5, 5.41) is 0. The fourth-order valence-electron chi connectivity index (χ4n) is 0.987. The molecule has 0 aliphatic rings. The lowest BCUT2D eigenvalue weighted by atomic mass is 10.3. The van der Waals surface area contributed by atoms with E-state index in [0.29, 0.717) is 0 Å². The molecule has 0 unspecified atom stereocenters. The first-order valence-electron chi connectivity index (χ1n) is 4.37. The molecule has 0 heterocycles. The molecule has 0 aromatic heterocycles. The van der Waals surface area contributed by atoms with Crippen LogP contribution in [0.15, 0.2) is 12.8 Å². The maximum atomic E-state index is 13.2. The molecule has 2 nitrogen and oxygen atoms in total. The molecule has 0 N–H and O–H groups in total. The number of ether oxygens (including phenoxy) is 2. The minimum absolute atomic E-state index is 0.0440. The molecule has 0 fully saturated rings. The molecule has 17 heavy (non-hydrogen) atoms. The van der Waals surface area contributed by atoms with E-state index in [1.165, 1.54) is 0 Å². The second-order valence-corrected chi connectivity index (χ2v) is 3.86. The average Bonchev–Trinajstić information content (AvgIpc) is 2.33. The minimum Gasteiger partial charge on any atom is -0.498 e. The summed E-state index contributed by atoms with van der Waals surface area (Å²) in [6.45, 7) is 2.92. The Hall–Kier alpha value is -0.990. The summed E-state index contributed by atoms with van der Waals surface area (Å²) < 4.78 is 61.1. The predicted molar refractivity (Wildman–Crippen MR) is 60.6 cm³/mol. The van der Waals surface area contributed by atoms with Crippen LogP contribution in [0.2, 0.25) is 0 Å². The Bertz CT molecular complexity index is 408. The lowest BCUT2D eigenvalue weighted by Gasteiger charge is -2.10. The number of rotatable bonds is 5. The molecule has 0 radical (unpaired) electrons. The zero-order valence-corrected chi connectivity index (χ0v) is 10.6. The smallest absolute Gasteiger partial charge is 0.205 e. The monoisotopic (exact) mass is 362 g/mol. The van der Waals surface area contributed by atoms with Crippen molar-refractivity contribution >= 4 is 22.6 Å². The molecular formula is C10H7F4IO2. The molecule has 7 heteroatoms. The van der Waals surface area contributed by atoms with Crippen LogP contribution in [0.1, 0.15) is 0 Å². The van der Waals surface area contributed by atoms with Gasteiger partial charge in [0.1, 0.15) is 13.2 Å². The summed E-state index contributed by atoms with van der Waals surface area (Å²) in [6.07, 6.45) is 1.10. The quantitative estimate of drug-likeness (QED) is 0.200. The molecule has 1 aromatic carbocycles. The van der Waals surface area contributed by atoms with Gasteiger partial charge in [-0.3, -0.25) is 0 Å². The van der Waals surface area contributed by atoms with Crippen molar-refractivity contribution in [3.05, 3.63) is 39.7 Å². The minimum atomic E-state index is -1.56. The normalized spacial score (nSPS) is 10.2. The van der Waals surface area contributed by atoms with Gasteiger partial charge in [-0.05, 0) is 22.6 Å². The molecule has 1 aromatic rings. The highest BCUT2D eigenvalue weighted by Crippen LogP contribution is 2.30. The lowest BCUT2D eigenvalue weighted by Crippen LogP contribution is -2.10. The molecule has 0 amide bonds. The lowest BCUT2D eigenvalue weighted by molar-refractivity contribution is 0.169. The molecule has 0 aliphatic heterocycles. The summed E-state index contributed by atoms with van der Waals surface area (Å²) in [6, 6.07) is 0. The SMILES string of the molecule is C=COCCOc1c(F)c(F)c(I)c(F)c1F. The molecule has 0 bridgehead atoms. The van der Waals surface area contributed by atoms with Gasteiger partial charge in [0, 0.05) is 0 Å². The molecular weight excluding hydrogens is 355 g/mol. The summed E-state index contributed by atoms with van der Waals surface area (Å²) in [7, 11) is 0. The maximum absolute atomic E-state index is 13.2. The van der Waals surface area contributed by atoms with Gasteiger partial charge in [-0.2, -0.15) is 8.78 Å². The van der Waals surface area contributed by atoms with E-state index in [9.17, 15) is 17.6 Å². The van der Waals surface area contributed by atoms with Crippen LogP contribution in [-0.2, 0) is 4.74 Å². The predicted octanol–water partition coefficient (Wildman–Crippen LogP) is 3.39. The second-order valence-electron chi connectivity index (χ2n) is 2.78. The van der Waals surface area contributed by atoms with E-state index in [0.717, 1.165) is 28.9 Å². The van der Waals surface area contributed by atoms with E-state index in [1.807, 2.05) is 0 Å². The largest absolute Gasteiger partial charge is 0.498 e. The highest BCUT2D eigenvalue weighted by molar-refractivity contribution is 14.1.